The first kappa shape index (κ1) is 14.0. The number of anilines is 1. The Morgan fingerprint density at radius 2 is 2.28 bits per heavy atom. The van der Waals surface area contributed by atoms with Crippen molar-refractivity contribution in [3.8, 4) is 0 Å². The van der Waals surface area contributed by atoms with E-state index in [9.17, 15) is 9.59 Å². The van der Waals surface area contributed by atoms with Gasteiger partial charge in [-0.25, -0.2) is 0 Å². The number of amides is 1. The molecule has 98 valence electrons. The highest BCUT2D eigenvalue weighted by Gasteiger charge is 2.13. The molecule has 18 heavy (non-hydrogen) atoms. The molecule has 0 bridgehead atoms. The van der Waals surface area contributed by atoms with Gasteiger partial charge in [-0.2, -0.15) is 0 Å². The number of nitrogens with two attached hydrogens (primary N) is 1. The van der Waals surface area contributed by atoms with E-state index in [-0.39, 0.29) is 18.2 Å². The molecule has 4 N–H and O–H groups in total. The number of rotatable bonds is 7. The minimum absolute atomic E-state index is 0.0298. The highest BCUT2D eigenvalue weighted by atomic mass is 16.4. The zero-order chi connectivity index (χ0) is 13.5. The molecule has 0 fully saturated rings. The fourth-order valence-corrected chi connectivity index (χ4v) is 1.68. The Balaban J connectivity index is 2.76. The molecule has 0 aliphatic rings. The fourth-order valence-electron chi connectivity index (χ4n) is 1.68. The van der Waals surface area contributed by atoms with Gasteiger partial charge in [0.15, 0.2) is 0 Å². The standard InChI is InChI=1S/C12H17N3O3/c1-2-3-8(7-11(16)17)15-9-4-5-14-10(6-9)12(13)18/h4-6,8H,2-3,7H2,1H3,(H2,13,18)(H,14,15)(H,16,17). The number of primary amides is 1. The van der Waals surface area contributed by atoms with Gasteiger partial charge in [0.1, 0.15) is 5.69 Å². The number of carboxylic acids is 1. The highest BCUT2D eigenvalue weighted by Crippen LogP contribution is 2.13. The molecule has 6 heteroatoms. The van der Waals surface area contributed by atoms with Crippen LogP contribution in [0.25, 0.3) is 0 Å². The van der Waals surface area contributed by atoms with Gasteiger partial charge in [0.05, 0.1) is 6.42 Å². The number of nitrogens with zero attached hydrogens (tertiary/aromatic N) is 1. The molecule has 0 saturated carbocycles. The summed E-state index contributed by atoms with van der Waals surface area (Å²) in [5, 5.41) is 11.9. The Hall–Kier alpha value is -2.11. The summed E-state index contributed by atoms with van der Waals surface area (Å²) in [6.45, 7) is 1.98. The van der Waals surface area contributed by atoms with Crippen molar-refractivity contribution < 1.29 is 14.7 Å². The number of carbonyl (C=O) groups is 2. The molecule has 0 aliphatic heterocycles. The maximum Gasteiger partial charge on any atom is 0.305 e. The summed E-state index contributed by atoms with van der Waals surface area (Å²) in [6.07, 6.45) is 3.10. The molecular weight excluding hydrogens is 234 g/mol. The lowest BCUT2D eigenvalue weighted by Crippen LogP contribution is -2.23. The largest absolute Gasteiger partial charge is 0.481 e. The van der Waals surface area contributed by atoms with Crippen LogP contribution in [0.2, 0.25) is 0 Å². The minimum atomic E-state index is -0.856. The maximum absolute atomic E-state index is 11.0. The van der Waals surface area contributed by atoms with E-state index < -0.39 is 11.9 Å². The number of aliphatic carboxylic acids is 1. The zero-order valence-electron chi connectivity index (χ0n) is 10.2. The van der Waals surface area contributed by atoms with Crippen molar-refractivity contribution in [3.63, 3.8) is 0 Å². The first-order valence-corrected chi connectivity index (χ1v) is 5.77. The van der Waals surface area contributed by atoms with E-state index in [4.69, 9.17) is 10.8 Å². The van der Waals surface area contributed by atoms with Crippen LogP contribution in [-0.2, 0) is 4.79 Å². The summed E-state index contributed by atoms with van der Waals surface area (Å²) >= 11 is 0. The Morgan fingerprint density at radius 1 is 1.56 bits per heavy atom. The van der Waals surface area contributed by atoms with Gasteiger partial charge in [-0.15, -0.1) is 0 Å². The van der Waals surface area contributed by atoms with Crippen LogP contribution in [0.4, 0.5) is 5.69 Å². The molecule has 1 heterocycles. The minimum Gasteiger partial charge on any atom is -0.481 e. The second-order valence-corrected chi connectivity index (χ2v) is 4.02. The molecule has 0 spiro atoms. The molecule has 0 saturated heterocycles. The Kier molecular flexibility index (Phi) is 5.10. The third kappa shape index (κ3) is 4.40. The van der Waals surface area contributed by atoms with Crippen molar-refractivity contribution in [3.05, 3.63) is 24.0 Å². The average molecular weight is 251 g/mol. The molecule has 6 nitrogen and oxygen atoms in total. The molecular formula is C12H17N3O3. The average Bonchev–Trinajstić information content (AvgIpc) is 2.28. The molecule has 1 unspecified atom stereocenters. The third-order valence-corrected chi connectivity index (χ3v) is 2.44. The molecule has 0 aromatic carbocycles. The monoisotopic (exact) mass is 251 g/mol. The van der Waals surface area contributed by atoms with Crippen LogP contribution in [0.3, 0.4) is 0 Å². The van der Waals surface area contributed by atoms with Crippen molar-refractivity contribution >= 4 is 17.6 Å². The SMILES string of the molecule is CCCC(CC(=O)O)Nc1ccnc(C(N)=O)c1. The number of aromatic nitrogens is 1. The number of pyridine rings is 1. The van der Waals surface area contributed by atoms with E-state index in [0.29, 0.717) is 5.69 Å². The molecule has 1 amide bonds. The summed E-state index contributed by atoms with van der Waals surface area (Å²) in [4.78, 5) is 25.5. The van der Waals surface area contributed by atoms with E-state index in [1.54, 1.807) is 6.07 Å². The number of carbonyl (C=O) groups excluding carboxylic acids is 1. The number of hydrogen-bond donors (Lipinski definition) is 3. The maximum atomic E-state index is 11.0. The molecule has 0 radical (unpaired) electrons. The van der Waals surface area contributed by atoms with Crippen molar-refractivity contribution in [2.75, 3.05) is 5.32 Å². The van der Waals surface area contributed by atoms with Crippen LogP contribution in [0.5, 0.6) is 0 Å². The highest BCUT2D eigenvalue weighted by molar-refractivity contribution is 5.91. The summed E-state index contributed by atoms with van der Waals surface area (Å²) < 4.78 is 0. The van der Waals surface area contributed by atoms with E-state index in [1.807, 2.05) is 6.92 Å². The fraction of sp³-hybridized carbons (Fsp3) is 0.417. The second-order valence-electron chi connectivity index (χ2n) is 4.02. The predicted molar refractivity (Wildman–Crippen MR) is 67.3 cm³/mol. The topological polar surface area (TPSA) is 105 Å². The van der Waals surface area contributed by atoms with Crippen LogP contribution in [0.15, 0.2) is 18.3 Å². The van der Waals surface area contributed by atoms with Crippen LogP contribution >= 0.6 is 0 Å². The van der Waals surface area contributed by atoms with E-state index in [0.717, 1.165) is 12.8 Å². The van der Waals surface area contributed by atoms with Crippen LogP contribution in [0, 0.1) is 0 Å². The Labute approximate surface area is 105 Å². The number of carboxylic acid groups (broad SMARTS) is 1. The number of nitrogens with one attached hydrogen (secondary N) is 1. The van der Waals surface area contributed by atoms with Gasteiger partial charge in [0, 0.05) is 17.9 Å². The third-order valence-electron chi connectivity index (χ3n) is 2.44. The Morgan fingerprint density at radius 3 is 2.83 bits per heavy atom. The predicted octanol–water partition coefficient (Wildman–Crippen LogP) is 1.24. The number of hydrogen-bond acceptors (Lipinski definition) is 4. The lowest BCUT2D eigenvalue weighted by Gasteiger charge is -2.17. The van der Waals surface area contributed by atoms with Gasteiger partial charge in [0.2, 0.25) is 0 Å². The first-order valence-electron chi connectivity index (χ1n) is 5.77. The zero-order valence-corrected chi connectivity index (χ0v) is 10.2. The Bertz CT molecular complexity index is 434. The van der Waals surface area contributed by atoms with Gasteiger partial charge in [-0.1, -0.05) is 13.3 Å². The van der Waals surface area contributed by atoms with E-state index in [2.05, 4.69) is 10.3 Å². The smallest absolute Gasteiger partial charge is 0.305 e. The van der Waals surface area contributed by atoms with E-state index >= 15 is 0 Å². The second kappa shape index (κ2) is 6.58. The van der Waals surface area contributed by atoms with Gasteiger partial charge in [-0.05, 0) is 18.6 Å². The summed E-state index contributed by atoms with van der Waals surface area (Å²) in [5.74, 6) is -1.46. The van der Waals surface area contributed by atoms with Gasteiger partial charge in [-0.3, -0.25) is 14.6 Å². The van der Waals surface area contributed by atoms with Crippen molar-refractivity contribution in [2.24, 2.45) is 5.73 Å². The summed E-state index contributed by atoms with van der Waals surface area (Å²) in [5.41, 5.74) is 5.94. The summed E-state index contributed by atoms with van der Waals surface area (Å²) in [6, 6.07) is 3.03. The van der Waals surface area contributed by atoms with Crippen LogP contribution < -0.4 is 11.1 Å². The first-order chi connectivity index (χ1) is 8.52. The molecule has 1 aromatic heterocycles. The molecule has 1 atom stereocenters. The molecule has 0 aliphatic carbocycles. The lowest BCUT2D eigenvalue weighted by molar-refractivity contribution is -0.137. The van der Waals surface area contributed by atoms with Crippen LogP contribution in [0.1, 0.15) is 36.7 Å². The summed E-state index contributed by atoms with van der Waals surface area (Å²) in [7, 11) is 0. The quantitative estimate of drug-likeness (QED) is 0.676. The molecule has 1 aromatic rings. The van der Waals surface area contributed by atoms with E-state index in [1.165, 1.54) is 12.3 Å². The molecule has 1 rings (SSSR count). The van der Waals surface area contributed by atoms with Crippen LogP contribution in [-0.4, -0.2) is 28.0 Å². The van der Waals surface area contributed by atoms with Gasteiger partial charge < -0.3 is 16.2 Å². The normalized spacial score (nSPS) is 11.8. The van der Waals surface area contributed by atoms with Crippen molar-refractivity contribution in [2.45, 2.75) is 32.2 Å². The van der Waals surface area contributed by atoms with Crippen molar-refractivity contribution in [1.82, 2.24) is 4.98 Å². The van der Waals surface area contributed by atoms with Gasteiger partial charge in [0.25, 0.3) is 5.91 Å². The van der Waals surface area contributed by atoms with Crippen molar-refractivity contribution in [1.29, 1.82) is 0 Å². The lowest BCUT2D eigenvalue weighted by atomic mass is 10.1. The van der Waals surface area contributed by atoms with Gasteiger partial charge >= 0.3 is 5.97 Å².